The first-order chi connectivity index (χ1) is 8.65. The first-order valence-corrected chi connectivity index (χ1v) is 7.86. The molecule has 18 heavy (non-hydrogen) atoms. The minimum absolute atomic E-state index is 0.763. The van der Waals surface area contributed by atoms with E-state index >= 15 is 0 Å². The second kappa shape index (κ2) is 8.62. The van der Waals surface area contributed by atoms with Crippen LogP contribution >= 0.6 is 11.3 Å². The summed E-state index contributed by atoms with van der Waals surface area (Å²) in [5.74, 6) is 0.763. The molecule has 0 fully saturated rings. The molecule has 0 bridgehead atoms. The zero-order valence-corrected chi connectivity index (χ0v) is 13.0. The SMILES string of the molecule is CCCNCc1nc(CN(C)CC(C)CC)cs1. The Balaban J connectivity index is 2.34. The van der Waals surface area contributed by atoms with Crippen LogP contribution in [0.4, 0.5) is 0 Å². The maximum absolute atomic E-state index is 4.67. The van der Waals surface area contributed by atoms with Crippen LogP contribution in [-0.2, 0) is 13.1 Å². The van der Waals surface area contributed by atoms with Crippen molar-refractivity contribution >= 4 is 11.3 Å². The molecule has 0 spiro atoms. The average Bonchev–Trinajstić information content (AvgIpc) is 2.76. The van der Waals surface area contributed by atoms with E-state index in [2.05, 4.69) is 48.4 Å². The van der Waals surface area contributed by atoms with Crippen LogP contribution in [0.1, 0.15) is 44.3 Å². The molecular formula is C14H27N3S. The Morgan fingerprint density at radius 3 is 2.89 bits per heavy atom. The number of nitrogens with one attached hydrogen (secondary N) is 1. The van der Waals surface area contributed by atoms with Gasteiger partial charge >= 0.3 is 0 Å². The van der Waals surface area contributed by atoms with E-state index in [4.69, 9.17) is 0 Å². The summed E-state index contributed by atoms with van der Waals surface area (Å²) in [4.78, 5) is 7.04. The molecule has 1 aromatic heterocycles. The highest BCUT2D eigenvalue weighted by Gasteiger charge is 2.07. The zero-order chi connectivity index (χ0) is 13.4. The summed E-state index contributed by atoms with van der Waals surface area (Å²) < 4.78 is 0. The third-order valence-corrected chi connectivity index (χ3v) is 3.95. The second-order valence-electron chi connectivity index (χ2n) is 5.12. The topological polar surface area (TPSA) is 28.2 Å². The molecule has 1 unspecified atom stereocenters. The summed E-state index contributed by atoms with van der Waals surface area (Å²) >= 11 is 1.77. The highest BCUT2D eigenvalue weighted by atomic mass is 32.1. The molecule has 1 rings (SSSR count). The van der Waals surface area contributed by atoms with E-state index in [1.54, 1.807) is 11.3 Å². The van der Waals surface area contributed by atoms with E-state index in [1.807, 2.05) is 0 Å². The van der Waals surface area contributed by atoms with Gasteiger partial charge in [0, 0.05) is 25.0 Å². The normalized spacial score (nSPS) is 13.2. The van der Waals surface area contributed by atoms with Gasteiger partial charge in [-0.05, 0) is 25.9 Å². The van der Waals surface area contributed by atoms with Gasteiger partial charge in [0.25, 0.3) is 0 Å². The lowest BCUT2D eigenvalue weighted by Gasteiger charge is -2.19. The van der Waals surface area contributed by atoms with Crippen LogP contribution in [0.3, 0.4) is 0 Å². The molecule has 1 atom stereocenters. The van der Waals surface area contributed by atoms with Gasteiger partial charge in [-0.15, -0.1) is 11.3 Å². The number of nitrogens with zero attached hydrogens (tertiary/aromatic N) is 2. The Morgan fingerprint density at radius 2 is 2.22 bits per heavy atom. The van der Waals surface area contributed by atoms with Gasteiger partial charge in [-0.1, -0.05) is 27.2 Å². The van der Waals surface area contributed by atoms with E-state index in [0.29, 0.717) is 0 Å². The molecule has 0 aliphatic rings. The van der Waals surface area contributed by atoms with Gasteiger partial charge in [0.2, 0.25) is 0 Å². The van der Waals surface area contributed by atoms with Crippen molar-refractivity contribution in [3.63, 3.8) is 0 Å². The monoisotopic (exact) mass is 269 g/mol. The molecular weight excluding hydrogens is 242 g/mol. The van der Waals surface area contributed by atoms with Gasteiger partial charge in [0.05, 0.1) is 5.69 Å². The molecule has 0 amide bonds. The number of aromatic nitrogens is 1. The number of hydrogen-bond donors (Lipinski definition) is 1. The summed E-state index contributed by atoms with van der Waals surface area (Å²) in [6.07, 6.45) is 2.42. The summed E-state index contributed by atoms with van der Waals surface area (Å²) in [7, 11) is 2.18. The van der Waals surface area contributed by atoms with Gasteiger partial charge in [-0.2, -0.15) is 0 Å². The van der Waals surface area contributed by atoms with Gasteiger partial charge in [-0.25, -0.2) is 4.98 Å². The van der Waals surface area contributed by atoms with Crippen LogP contribution in [0.15, 0.2) is 5.38 Å². The smallest absolute Gasteiger partial charge is 0.107 e. The largest absolute Gasteiger partial charge is 0.310 e. The van der Waals surface area contributed by atoms with Crippen LogP contribution in [0.25, 0.3) is 0 Å². The Labute approximate surface area is 116 Å². The number of rotatable bonds is 9. The molecule has 0 saturated carbocycles. The first kappa shape index (κ1) is 15.6. The highest BCUT2D eigenvalue weighted by molar-refractivity contribution is 7.09. The summed E-state index contributed by atoms with van der Waals surface area (Å²) in [6.45, 7) is 10.8. The van der Waals surface area contributed by atoms with Gasteiger partial charge < -0.3 is 10.2 Å². The van der Waals surface area contributed by atoms with E-state index in [-0.39, 0.29) is 0 Å². The minimum atomic E-state index is 0.763. The fourth-order valence-electron chi connectivity index (χ4n) is 1.88. The van der Waals surface area contributed by atoms with Crippen LogP contribution in [0.5, 0.6) is 0 Å². The van der Waals surface area contributed by atoms with Gasteiger partial charge in [0.15, 0.2) is 0 Å². The van der Waals surface area contributed by atoms with E-state index < -0.39 is 0 Å². The van der Waals surface area contributed by atoms with E-state index in [9.17, 15) is 0 Å². The molecule has 0 aliphatic carbocycles. The zero-order valence-electron chi connectivity index (χ0n) is 12.2. The lowest BCUT2D eigenvalue weighted by Crippen LogP contribution is -2.24. The standard InChI is InChI=1S/C14H27N3S/c1-5-7-15-8-14-16-13(11-18-14)10-17(4)9-12(3)6-2/h11-12,15H,5-10H2,1-4H3. The maximum Gasteiger partial charge on any atom is 0.107 e. The van der Waals surface area contributed by atoms with Crippen LogP contribution < -0.4 is 5.32 Å². The average molecular weight is 269 g/mol. The van der Waals surface area contributed by atoms with Gasteiger partial charge in [0.1, 0.15) is 5.01 Å². The fourth-order valence-corrected chi connectivity index (χ4v) is 2.63. The molecule has 0 radical (unpaired) electrons. The van der Waals surface area contributed by atoms with Crippen molar-refractivity contribution in [1.29, 1.82) is 0 Å². The van der Waals surface area contributed by atoms with Crippen LogP contribution in [-0.4, -0.2) is 30.0 Å². The molecule has 0 aliphatic heterocycles. The summed E-state index contributed by atoms with van der Waals surface area (Å²) in [5, 5.41) is 6.79. The minimum Gasteiger partial charge on any atom is -0.310 e. The molecule has 1 N–H and O–H groups in total. The van der Waals surface area contributed by atoms with E-state index in [1.165, 1.54) is 23.5 Å². The van der Waals surface area contributed by atoms with Crippen LogP contribution in [0, 0.1) is 5.92 Å². The number of hydrogen-bond acceptors (Lipinski definition) is 4. The van der Waals surface area contributed by atoms with Crippen LogP contribution in [0.2, 0.25) is 0 Å². The Bertz CT molecular complexity index is 325. The quantitative estimate of drug-likeness (QED) is 0.698. The molecule has 4 heteroatoms. The second-order valence-corrected chi connectivity index (χ2v) is 6.06. The Kier molecular flexibility index (Phi) is 7.47. The number of thiazole rings is 1. The van der Waals surface area contributed by atoms with Crippen molar-refractivity contribution in [1.82, 2.24) is 15.2 Å². The predicted octanol–water partition coefficient (Wildman–Crippen LogP) is 3.12. The third kappa shape index (κ3) is 5.94. The molecule has 3 nitrogen and oxygen atoms in total. The van der Waals surface area contributed by atoms with Crippen molar-refractivity contribution in [3.8, 4) is 0 Å². The van der Waals surface area contributed by atoms with Gasteiger partial charge in [-0.3, -0.25) is 0 Å². The highest BCUT2D eigenvalue weighted by Crippen LogP contribution is 2.12. The van der Waals surface area contributed by atoms with Crippen molar-refractivity contribution in [2.24, 2.45) is 5.92 Å². The molecule has 0 saturated heterocycles. The molecule has 0 aromatic carbocycles. The predicted molar refractivity (Wildman–Crippen MR) is 79.9 cm³/mol. The lowest BCUT2D eigenvalue weighted by atomic mass is 10.1. The lowest BCUT2D eigenvalue weighted by molar-refractivity contribution is 0.273. The third-order valence-electron chi connectivity index (χ3n) is 3.05. The molecule has 104 valence electrons. The summed E-state index contributed by atoms with van der Waals surface area (Å²) in [6, 6.07) is 0. The Hall–Kier alpha value is -0.450. The maximum atomic E-state index is 4.67. The molecule has 1 heterocycles. The Morgan fingerprint density at radius 1 is 1.44 bits per heavy atom. The summed E-state index contributed by atoms with van der Waals surface area (Å²) in [5.41, 5.74) is 1.21. The van der Waals surface area contributed by atoms with E-state index in [0.717, 1.165) is 32.1 Å². The fraction of sp³-hybridized carbons (Fsp3) is 0.786. The molecule has 1 aromatic rings. The van der Waals surface area contributed by atoms with Crippen molar-refractivity contribution < 1.29 is 0 Å². The van der Waals surface area contributed by atoms with Crippen molar-refractivity contribution in [3.05, 3.63) is 16.1 Å². The first-order valence-electron chi connectivity index (χ1n) is 6.98. The van der Waals surface area contributed by atoms with Crippen molar-refractivity contribution in [2.75, 3.05) is 20.1 Å². The van der Waals surface area contributed by atoms with Crippen molar-refractivity contribution in [2.45, 2.75) is 46.7 Å².